The van der Waals surface area contributed by atoms with Crippen LogP contribution in [-0.2, 0) is 9.47 Å². The zero-order valence-electron chi connectivity index (χ0n) is 6.95. The largest absolute Gasteiger partial charge is 0.352 e. The highest BCUT2D eigenvalue weighted by atomic mass is 35.5. The monoisotopic (exact) mass is 187 g/mol. The van der Waals surface area contributed by atoms with Gasteiger partial charge in [0.2, 0.25) is 0 Å². The molecule has 66 valence electrons. The molecule has 0 amide bonds. The molecule has 0 bridgehead atoms. The van der Waals surface area contributed by atoms with Gasteiger partial charge in [0.25, 0.3) is 0 Å². The van der Waals surface area contributed by atoms with Gasteiger partial charge in [0.1, 0.15) is 5.15 Å². The summed E-state index contributed by atoms with van der Waals surface area (Å²) in [6.45, 7) is 0. The Bertz CT molecular complexity index is 233. The average molecular weight is 188 g/mol. The highest BCUT2D eigenvalue weighted by molar-refractivity contribution is 6.29. The Kier molecular flexibility index (Phi) is 3.47. The zero-order chi connectivity index (χ0) is 8.97. The summed E-state index contributed by atoms with van der Waals surface area (Å²) in [5, 5.41) is 0.463. The second-order valence-electron chi connectivity index (χ2n) is 2.22. The molecular weight excluding hydrogens is 178 g/mol. The standard InChI is InChI=1S/C8H10ClNO2/c1-11-8(12-2)6-3-4-7(9)10-5-6/h3-5,8H,1-2H3. The number of methoxy groups -OCH3 is 2. The second kappa shape index (κ2) is 4.40. The molecule has 1 aromatic rings. The molecule has 1 rings (SSSR count). The van der Waals surface area contributed by atoms with E-state index in [9.17, 15) is 0 Å². The van der Waals surface area contributed by atoms with Gasteiger partial charge in [-0.15, -0.1) is 0 Å². The van der Waals surface area contributed by atoms with Crippen LogP contribution in [0.4, 0.5) is 0 Å². The fraction of sp³-hybridized carbons (Fsp3) is 0.375. The lowest BCUT2D eigenvalue weighted by molar-refractivity contribution is -0.106. The molecule has 0 radical (unpaired) electrons. The SMILES string of the molecule is COC(OC)c1ccc(Cl)nc1. The molecule has 0 N–H and O–H groups in total. The second-order valence-corrected chi connectivity index (χ2v) is 2.60. The minimum atomic E-state index is -0.366. The van der Waals surface area contributed by atoms with E-state index in [1.165, 1.54) is 0 Å². The summed E-state index contributed by atoms with van der Waals surface area (Å²) in [4.78, 5) is 3.90. The number of hydrogen-bond donors (Lipinski definition) is 0. The first-order valence-electron chi connectivity index (χ1n) is 3.45. The molecule has 4 heteroatoms. The molecule has 0 unspecified atom stereocenters. The van der Waals surface area contributed by atoms with Gasteiger partial charge < -0.3 is 9.47 Å². The Labute approximate surface area is 76.3 Å². The maximum Gasteiger partial charge on any atom is 0.184 e. The highest BCUT2D eigenvalue weighted by Crippen LogP contribution is 2.16. The lowest BCUT2D eigenvalue weighted by Crippen LogP contribution is -2.03. The van der Waals surface area contributed by atoms with Crippen LogP contribution in [0.15, 0.2) is 18.3 Å². The van der Waals surface area contributed by atoms with E-state index >= 15 is 0 Å². The molecule has 0 aliphatic rings. The van der Waals surface area contributed by atoms with Gasteiger partial charge in [0, 0.05) is 26.0 Å². The van der Waals surface area contributed by atoms with Gasteiger partial charge >= 0.3 is 0 Å². The Hall–Kier alpha value is -0.640. The summed E-state index contributed by atoms with van der Waals surface area (Å²) in [7, 11) is 3.14. The summed E-state index contributed by atoms with van der Waals surface area (Å²) >= 11 is 5.61. The maximum absolute atomic E-state index is 5.61. The Morgan fingerprint density at radius 3 is 2.42 bits per heavy atom. The molecule has 0 atom stereocenters. The van der Waals surface area contributed by atoms with Gasteiger partial charge in [0.05, 0.1) is 0 Å². The van der Waals surface area contributed by atoms with Crippen molar-refractivity contribution < 1.29 is 9.47 Å². The van der Waals surface area contributed by atoms with E-state index < -0.39 is 0 Å². The summed E-state index contributed by atoms with van der Waals surface area (Å²) in [6.07, 6.45) is 1.26. The van der Waals surface area contributed by atoms with Crippen molar-refractivity contribution in [3.8, 4) is 0 Å². The molecule has 1 heterocycles. The zero-order valence-corrected chi connectivity index (χ0v) is 7.71. The fourth-order valence-corrected chi connectivity index (χ4v) is 1.01. The lowest BCUT2D eigenvalue weighted by atomic mass is 10.3. The number of hydrogen-bond acceptors (Lipinski definition) is 3. The first kappa shape index (κ1) is 9.45. The van der Waals surface area contributed by atoms with Gasteiger partial charge in [-0.3, -0.25) is 0 Å². The van der Waals surface area contributed by atoms with Crippen molar-refractivity contribution in [2.45, 2.75) is 6.29 Å². The number of halogens is 1. The van der Waals surface area contributed by atoms with Crippen LogP contribution in [0.3, 0.4) is 0 Å². The van der Waals surface area contributed by atoms with Gasteiger partial charge in [-0.1, -0.05) is 11.6 Å². The van der Waals surface area contributed by atoms with Crippen LogP contribution in [-0.4, -0.2) is 19.2 Å². The third-order valence-electron chi connectivity index (χ3n) is 1.45. The number of aromatic nitrogens is 1. The van der Waals surface area contributed by atoms with E-state index in [0.717, 1.165) is 5.56 Å². The molecule has 3 nitrogen and oxygen atoms in total. The minimum Gasteiger partial charge on any atom is -0.352 e. The molecule has 0 aliphatic heterocycles. The predicted molar refractivity (Wildman–Crippen MR) is 46.0 cm³/mol. The van der Waals surface area contributed by atoms with Crippen molar-refractivity contribution in [2.75, 3.05) is 14.2 Å². The van der Waals surface area contributed by atoms with Crippen LogP contribution in [0.2, 0.25) is 5.15 Å². The van der Waals surface area contributed by atoms with Crippen molar-refractivity contribution in [2.24, 2.45) is 0 Å². The molecule has 0 aliphatic carbocycles. The molecule has 0 aromatic carbocycles. The molecule has 12 heavy (non-hydrogen) atoms. The van der Waals surface area contributed by atoms with Crippen molar-refractivity contribution in [3.63, 3.8) is 0 Å². The highest BCUT2D eigenvalue weighted by Gasteiger charge is 2.07. The summed E-state index contributed by atoms with van der Waals surface area (Å²) < 4.78 is 10.0. The van der Waals surface area contributed by atoms with E-state index in [0.29, 0.717) is 5.15 Å². The Morgan fingerprint density at radius 2 is 2.00 bits per heavy atom. The van der Waals surface area contributed by atoms with Crippen LogP contribution in [0, 0.1) is 0 Å². The predicted octanol–water partition coefficient (Wildman–Crippen LogP) is 2.03. The van der Waals surface area contributed by atoms with E-state index in [2.05, 4.69) is 4.98 Å². The van der Waals surface area contributed by atoms with Crippen LogP contribution in [0.25, 0.3) is 0 Å². The third-order valence-corrected chi connectivity index (χ3v) is 1.67. The first-order valence-corrected chi connectivity index (χ1v) is 3.82. The van der Waals surface area contributed by atoms with E-state index in [1.807, 2.05) is 6.07 Å². The number of pyridine rings is 1. The summed E-state index contributed by atoms with van der Waals surface area (Å²) in [5.74, 6) is 0. The molecule has 1 aromatic heterocycles. The molecule has 0 saturated carbocycles. The Morgan fingerprint density at radius 1 is 1.33 bits per heavy atom. The van der Waals surface area contributed by atoms with Crippen LogP contribution >= 0.6 is 11.6 Å². The first-order chi connectivity index (χ1) is 5.77. The molecule has 0 spiro atoms. The van der Waals surface area contributed by atoms with Gasteiger partial charge in [-0.2, -0.15) is 0 Å². The van der Waals surface area contributed by atoms with Crippen LogP contribution in [0.5, 0.6) is 0 Å². The quantitative estimate of drug-likeness (QED) is 0.536. The smallest absolute Gasteiger partial charge is 0.184 e. The molecular formula is C8H10ClNO2. The van der Waals surface area contributed by atoms with E-state index in [-0.39, 0.29) is 6.29 Å². The van der Waals surface area contributed by atoms with Crippen molar-refractivity contribution in [1.82, 2.24) is 4.98 Å². The maximum atomic E-state index is 5.61. The number of nitrogens with zero attached hydrogens (tertiary/aromatic N) is 1. The number of ether oxygens (including phenoxy) is 2. The minimum absolute atomic E-state index is 0.366. The number of rotatable bonds is 3. The lowest BCUT2D eigenvalue weighted by Gasteiger charge is -2.12. The molecule has 0 fully saturated rings. The fourth-order valence-electron chi connectivity index (χ4n) is 0.895. The van der Waals surface area contributed by atoms with Gasteiger partial charge in [-0.25, -0.2) is 4.98 Å². The van der Waals surface area contributed by atoms with Gasteiger partial charge in [-0.05, 0) is 12.1 Å². The summed E-state index contributed by atoms with van der Waals surface area (Å²) in [6, 6.07) is 3.51. The van der Waals surface area contributed by atoms with E-state index in [1.54, 1.807) is 26.5 Å². The topological polar surface area (TPSA) is 31.4 Å². The Balaban J connectivity index is 2.80. The van der Waals surface area contributed by atoms with Crippen molar-refractivity contribution >= 4 is 11.6 Å². The summed E-state index contributed by atoms with van der Waals surface area (Å²) in [5.41, 5.74) is 0.851. The third kappa shape index (κ3) is 2.17. The van der Waals surface area contributed by atoms with Gasteiger partial charge in [0.15, 0.2) is 6.29 Å². The van der Waals surface area contributed by atoms with E-state index in [4.69, 9.17) is 21.1 Å². The van der Waals surface area contributed by atoms with Crippen molar-refractivity contribution in [3.05, 3.63) is 29.0 Å². The normalized spacial score (nSPS) is 10.7. The van der Waals surface area contributed by atoms with Crippen LogP contribution in [0.1, 0.15) is 11.9 Å². The van der Waals surface area contributed by atoms with Crippen LogP contribution < -0.4 is 0 Å². The van der Waals surface area contributed by atoms with Crippen molar-refractivity contribution in [1.29, 1.82) is 0 Å². The molecule has 0 saturated heterocycles. The average Bonchev–Trinajstić information content (AvgIpc) is 2.10.